The Bertz CT molecular complexity index is 804. The number of methoxy groups -OCH3 is 1. The van der Waals surface area contributed by atoms with Gasteiger partial charge in [0, 0.05) is 29.9 Å². The first-order chi connectivity index (χ1) is 12.3. The average Bonchev–Trinajstić information content (AvgIpc) is 3.12. The second-order valence-electron chi connectivity index (χ2n) is 7.08. The minimum Gasteiger partial charge on any atom is -0.481 e. The van der Waals surface area contributed by atoms with Gasteiger partial charge in [0.25, 0.3) is 5.91 Å². The summed E-state index contributed by atoms with van der Waals surface area (Å²) >= 11 is 0. The number of β-amino-alcohol motifs (C(OH)–C–C–N with tert-alkyl or cyclic N) is 1. The normalized spacial score (nSPS) is 20.5. The first-order valence-electron chi connectivity index (χ1n) is 8.79. The topological polar surface area (TPSA) is 93.4 Å². The molecule has 3 heterocycles. The molecule has 3 rings (SSSR count). The summed E-state index contributed by atoms with van der Waals surface area (Å²) in [6.45, 7) is 6.59. The summed E-state index contributed by atoms with van der Waals surface area (Å²) in [5.74, 6) is 0.253. The van der Waals surface area contributed by atoms with Crippen molar-refractivity contribution >= 4 is 5.91 Å². The van der Waals surface area contributed by atoms with Crippen molar-refractivity contribution in [3.05, 3.63) is 35.3 Å². The first-order valence-corrected chi connectivity index (χ1v) is 8.79. The quantitative estimate of drug-likeness (QED) is 0.893. The predicted octanol–water partition coefficient (Wildman–Crippen LogP) is 1.69. The second kappa shape index (κ2) is 7.03. The van der Waals surface area contributed by atoms with Crippen molar-refractivity contribution in [1.29, 1.82) is 0 Å². The standard InChI is InChI=1S/C18H25N5O3/c1-12(2)23-10-15(20-21-23)18(25)6-5-7-22(11-18)17(24)14-8-13(3)19-16(9-14)26-4/h8-10,12,25H,5-7,11H2,1-4H3/t18-/m1/s1. The third-order valence-electron chi connectivity index (χ3n) is 4.66. The van der Waals surface area contributed by atoms with Crippen molar-refractivity contribution in [2.45, 2.75) is 45.3 Å². The summed E-state index contributed by atoms with van der Waals surface area (Å²) in [6.07, 6.45) is 3.00. The molecule has 1 saturated heterocycles. The minimum atomic E-state index is -1.19. The molecule has 2 aromatic rings. The van der Waals surface area contributed by atoms with Crippen LogP contribution in [0.4, 0.5) is 0 Å². The fourth-order valence-corrected chi connectivity index (χ4v) is 3.21. The number of hydrogen-bond donors (Lipinski definition) is 1. The first kappa shape index (κ1) is 18.3. The van der Waals surface area contributed by atoms with E-state index in [2.05, 4.69) is 15.3 Å². The van der Waals surface area contributed by atoms with Crippen molar-refractivity contribution < 1.29 is 14.6 Å². The van der Waals surface area contributed by atoms with Gasteiger partial charge in [-0.3, -0.25) is 4.79 Å². The van der Waals surface area contributed by atoms with Crippen molar-refractivity contribution in [3.8, 4) is 5.88 Å². The summed E-state index contributed by atoms with van der Waals surface area (Å²) < 4.78 is 6.87. The Balaban J connectivity index is 1.83. The van der Waals surface area contributed by atoms with Gasteiger partial charge in [0.1, 0.15) is 11.3 Å². The Morgan fingerprint density at radius 1 is 1.38 bits per heavy atom. The van der Waals surface area contributed by atoms with Crippen LogP contribution in [0.25, 0.3) is 0 Å². The maximum atomic E-state index is 12.9. The number of carbonyl (C=O) groups excluding carboxylic acids is 1. The van der Waals surface area contributed by atoms with Crippen LogP contribution in [0.5, 0.6) is 5.88 Å². The zero-order valence-electron chi connectivity index (χ0n) is 15.6. The Morgan fingerprint density at radius 3 is 2.81 bits per heavy atom. The van der Waals surface area contributed by atoms with E-state index in [-0.39, 0.29) is 18.5 Å². The van der Waals surface area contributed by atoms with Gasteiger partial charge in [0.05, 0.1) is 19.9 Å². The highest BCUT2D eigenvalue weighted by Crippen LogP contribution is 2.31. The number of amides is 1. The summed E-state index contributed by atoms with van der Waals surface area (Å²) in [6, 6.07) is 3.51. The molecular weight excluding hydrogens is 334 g/mol. The van der Waals surface area contributed by atoms with E-state index < -0.39 is 5.60 Å². The average molecular weight is 359 g/mol. The Morgan fingerprint density at radius 2 is 2.15 bits per heavy atom. The number of nitrogens with zero attached hydrogens (tertiary/aromatic N) is 5. The molecule has 0 unspecified atom stereocenters. The van der Waals surface area contributed by atoms with Crippen molar-refractivity contribution in [2.75, 3.05) is 20.2 Å². The zero-order valence-corrected chi connectivity index (χ0v) is 15.6. The van der Waals surface area contributed by atoms with Crippen LogP contribution in [0.15, 0.2) is 18.3 Å². The molecule has 0 aromatic carbocycles. The van der Waals surface area contributed by atoms with Gasteiger partial charge in [-0.15, -0.1) is 5.10 Å². The van der Waals surface area contributed by atoms with E-state index in [1.807, 2.05) is 20.8 Å². The third-order valence-corrected chi connectivity index (χ3v) is 4.66. The lowest BCUT2D eigenvalue weighted by molar-refractivity contribution is -0.0320. The molecule has 140 valence electrons. The summed E-state index contributed by atoms with van der Waals surface area (Å²) in [7, 11) is 1.52. The number of hydrogen-bond acceptors (Lipinski definition) is 6. The van der Waals surface area contributed by atoms with Crippen LogP contribution in [0.1, 0.15) is 54.5 Å². The lowest BCUT2D eigenvalue weighted by Crippen LogP contribution is -2.48. The lowest BCUT2D eigenvalue weighted by Gasteiger charge is -2.38. The molecule has 1 aliphatic heterocycles. The molecule has 0 spiro atoms. The van der Waals surface area contributed by atoms with E-state index in [0.29, 0.717) is 42.2 Å². The van der Waals surface area contributed by atoms with Crippen molar-refractivity contribution in [3.63, 3.8) is 0 Å². The SMILES string of the molecule is COc1cc(C(=O)N2CCC[C@](O)(c3cn(C(C)C)nn3)C2)cc(C)n1. The molecule has 0 aliphatic carbocycles. The highest BCUT2D eigenvalue weighted by molar-refractivity contribution is 5.94. The van der Waals surface area contributed by atoms with Gasteiger partial charge in [-0.05, 0) is 39.7 Å². The molecule has 1 amide bonds. The molecule has 2 aromatic heterocycles. The molecule has 1 N–H and O–H groups in total. The van der Waals surface area contributed by atoms with Crippen LogP contribution in [0.3, 0.4) is 0 Å². The summed E-state index contributed by atoms with van der Waals surface area (Å²) in [5, 5.41) is 19.3. The zero-order chi connectivity index (χ0) is 18.9. The molecular formula is C18H25N5O3. The fraction of sp³-hybridized carbons (Fsp3) is 0.556. The molecule has 0 bridgehead atoms. The Labute approximate surface area is 152 Å². The second-order valence-corrected chi connectivity index (χ2v) is 7.08. The molecule has 1 fully saturated rings. The highest BCUT2D eigenvalue weighted by Gasteiger charge is 2.39. The monoisotopic (exact) mass is 359 g/mol. The highest BCUT2D eigenvalue weighted by atomic mass is 16.5. The Hall–Kier alpha value is -2.48. The van der Waals surface area contributed by atoms with Crippen LogP contribution in [0.2, 0.25) is 0 Å². The molecule has 0 radical (unpaired) electrons. The van der Waals surface area contributed by atoms with Crippen LogP contribution in [-0.2, 0) is 5.60 Å². The number of aromatic nitrogens is 4. The van der Waals surface area contributed by atoms with Crippen LogP contribution >= 0.6 is 0 Å². The number of pyridine rings is 1. The van der Waals surface area contributed by atoms with E-state index in [1.54, 1.807) is 27.9 Å². The maximum absolute atomic E-state index is 12.9. The lowest BCUT2D eigenvalue weighted by atomic mass is 9.89. The number of piperidine rings is 1. The number of aryl methyl sites for hydroxylation is 1. The van der Waals surface area contributed by atoms with Crippen molar-refractivity contribution in [1.82, 2.24) is 24.9 Å². The molecule has 26 heavy (non-hydrogen) atoms. The van der Waals surface area contributed by atoms with E-state index >= 15 is 0 Å². The third kappa shape index (κ3) is 3.55. The fourth-order valence-electron chi connectivity index (χ4n) is 3.21. The van der Waals surface area contributed by atoms with Crippen molar-refractivity contribution in [2.24, 2.45) is 0 Å². The van der Waals surface area contributed by atoms with Gasteiger partial charge < -0.3 is 14.7 Å². The number of carbonyl (C=O) groups is 1. The van der Waals surface area contributed by atoms with E-state index in [9.17, 15) is 9.90 Å². The predicted molar refractivity (Wildman–Crippen MR) is 95.0 cm³/mol. The van der Waals surface area contributed by atoms with Gasteiger partial charge in [0.2, 0.25) is 5.88 Å². The molecule has 1 atom stereocenters. The largest absolute Gasteiger partial charge is 0.481 e. The van der Waals surface area contributed by atoms with Crippen LogP contribution in [0, 0.1) is 6.92 Å². The smallest absolute Gasteiger partial charge is 0.254 e. The van der Waals surface area contributed by atoms with E-state index in [1.165, 1.54) is 7.11 Å². The van der Waals surface area contributed by atoms with Crippen LogP contribution < -0.4 is 4.74 Å². The number of likely N-dealkylation sites (tertiary alicyclic amines) is 1. The van der Waals surface area contributed by atoms with Gasteiger partial charge in [0.15, 0.2) is 0 Å². The number of rotatable bonds is 4. The van der Waals surface area contributed by atoms with Gasteiger partial charge in [-0.25, -0.2) is 9.67 Å². The van der Waals surface area contributed by atoms with Gasteiger partial charge >= 0.3 is 0 Å². The molecule has 8 nitrogen and oxygen atoms in total. The maximum Gasteiger partial charge on any atom is 0.254 e. The molecule has 8 heteroatoms. The van der Waals surface area contributed by atoms with Gasteiger partial charge in [-0.2, -0.15) is 0 Å². The minimum absolute atomic E-state index is 0.150. The summed E-state index contributed by atoms with van der Waals surface area (Å²) in [5.41, 5.74) is 0.532. The number of aliphatic hydroxyl groups is 1. The number of ether oxygens (including phenoxy) is 1. The summed E-state index contributed by atoms with van der Waals surface area (Å²) in [4.78, 5) is 18.8. The van der Waals surface area contributed by atoms with Crippen LogP contribution in [-0.4, -0.2) is 56.1 Å². The molecule has 0 saturated carbocycles. The van der Waals surface area contributed by atoms with E-state index in [0.717, 1.165) is 0 Å². The Kier molecular flexibility index (Phi) is 4.95. The molecule has 1 aliphatic rings. The van der Waals surface area contributed by atoms with Gasteiger partial charge in [-0.1, -0.05) is 5.21 Å². The van der Waals surface area contributed by atoms with E-state index in [4.69, 9.17) is 4.74 Å².